The van der Waals surface area contributed by atoms with Gasteiger partial charge in [-0.15, -0.1) is 0 Å². The normalized spacial score (nSPS) is 15.4. The molecule has 3 rings (SSSR count). The molecule has 0 aliphatic heterocycles. The number of esters is 1. The van der Waals surface area contributed by atoms with E-state index in [4.69, 9.17) is 4.74 Å². The van der Waals surface area contributed by atoms with Gasteiger partial charge in [-0.1, -0.05) is 24.3 Å². The Morgan fingerprint density at radius 3 is 2.48 bits per heavy atom. The summed E-state index contributed by atoms with van der Waals surface area (Å²) in [6, 6.07) is 13.3. The van der Waals surface area contributed by atoms with Crippen LogP contribution in [-0.2, 0) is 35.6 Å². The van der Waals surface area contributed by atoms with E-state index in [-0.39, 0.29) is 16.8 Å². The monoisotopic (exact) mass is 473 g/mol. The van der Waals surface area contributed by atoms with E-state index in [9.17, 15) is 22.8 Å². The largest absolute Gasteiger partial charge is 0.455 e. The summed E-state index contributed by atoms with van der Waals surface area (Å²) in [7, 11) is -2.71. The second-order valence-electron chi connectivity index (χ2n) is 7.84. The molecule has 0 saturated heterocycles. The molecule has 0 heterocycles. The van der Waals surface area contributed by atoms with Crippen LogP contribution in [0.1, 0.15) is 36.9 Å². The van der Waals surface area contributed by atoms with Gasteiger partial charge in [-0.3, -0.25) is 14.4 Å². The Hall–Kier alpha value is -3.24. The molecule has 176 valence electrons. The third-order valence-electron chi connectivity index (χ3n) is 5.30. The number of sulfonamides is 1. The topological polar surface area (TPSA) is 122 Å². The van der Waals surface area contributed by atoms with Crippen LogP contribution in [0.4, 0.5) is 5.69 Å². The zero-order valence-corrected chi connectivity index (χ0v) is 19.4. The third kappa shape index (κ3) is 6.39. The summed E-state index contributed by atoms with van der Waals surface area (Å²) in [5.74, 6) is -1.55. The first kappa shape index (κ1) is 24.4. The number of ether oxygens (including phenoxy) is 1. The van der Waals surface area contributed by atoms with E-state index >= 15 is 0 Å². The van der Waals surface area contributed by atoms with E-state index in [1.807, 2.05) is 24.3 Å². The van der Waals surface area contributed by atoms with E-state index in [0.717, 1.165) is 29.1 Å². The van der Waals surface area contributed by atoms with Gasteiger partial charge in [0.15, 0.2) is 6.61 Å². The summed E-state index contributed by atoms with van der Waals surface area (Å²) in [4.78, 5) is 35.5. The summed E-state index contributed by atoms with van der Waals surface area (Å²) < 4.78 is 31.2. The van der Waals surface area contributed by atoms with Gasteiger partial charge in [0.1, 0.15) is 6.54 Å². The Morgan fingerprint density at radius 1 is 1.09 bits per heavy atom. The molecule has 0 bridgehead atoms. The van der Waals surface area contributed by atoms with Crippen molar-refractivity contribution in [3.63, 3.8) is 0 Å². The van der Waals surface area contributed by atoms with Crippen molar-refractivity contribution in [2.75, 3.05) is 25.5 Å². The lowest BCUT2D eigenvalue weighted by Crippen LogP contribution is -2.37. The lowest BCUT2D eigenvalue weighted by atomic mass is 9.88. The molecule has 33 heavy (non-hydrogen) atoms. The molecule has 2 aromatic carbocycles. The Morgan fingerprint density at radius 2 is 1.79 bits per heavy atom. The number of amides is 2. The quantitative estimate of drug-likeness (QED) is 0.566. The molecule has 10 heteroatoms. The van der Waals surface area contributed by atoms with Crippen molar-refractivity contribution in [2.24, 2.45) is 0 Å². The van der Waals surface area contributed by atoms with Gasteiger partial charge in [-0.2, -0.15) is 4.31 Å². The highest BCUT2D eigenvalue weighted by Gasteiger charge is 2.25. The summed E-state index contributed by atoms with van der Waals surface area (Å²) in [6.45, 7) is 0.310. The summed E-state index contributed by atoms with van der Waals surface area (Å²) >= 11 is 0. The van der Waals surface area contributed by atoms with Crippen LogP contribution in [-0.4, -0.2) is 50.7 Å². The van der Waals surface area contributed by atoms with Crippen LogP contribution in [0.3, 0.4) is 0 Å². The van der Waals surface area contributed by atoms with Gasteiger partial charge in [0.05, 0.1) is 10.9 Å². The molecular weight excluding hydrogens is 446 g/mol. The molecule has 1 atom stereocenters. The van der Waals surface area contributed by atoms with Crippen LogP contribution in [0, 0.1) is 0 Å². The minimum absolute atomic E-state index is 0.0411. The molecule has 0 saturated carbocycles. The third-order valence-corrected chi connectivity index (χ3v) is 7.12. The fourth-order valence-corrected chi connectivity index (χ4v) is 4.81. The van der Waals surface area contributed by atoms with Crippen LogP contribution in [0.5, 0.6) is 0 Å². The number of hydrogen-bond acceptors (Lipinski definition) is 6. The highest BCUT2D eigenvalue weighted by molar-refractivity contribution is 7.89. The first-order valence-corrected chi connectivity index (χ1v) is 12.0. The molecule has 9 nitrogen and oxygen atoms in total. The Labute approximate surface area is 193 Å². The van der Waals surface area contributed by atoms with Crippen molar-refractivity contribution >= 4 is 33.5 Å². The highest BCUT2D eigenvalue weighted by atomic mass is 32.2. The minimum atomic E-state index is -3.95. The Kier molecular flexibility index (Phi) is 7.83. The number of rotatable bonds is 8. The second kappa shape index (κ2) is 10.6. The van der Waals surface area contributed by atoms with Gasteiger partial charge in [-0.25, -0.2) is 8.42 Å². The van der Waals surface area contributed by atoms with Crippen LogP contribution in [0.15, 0.2) is 53.4 Å². The molecule has 1 aliphatic rings. The number of aryl methyl sites for hydroxylation is 1. The molecule has 1 aliphatic carbocycles. The van der Waals surface area contributed by atoms with Crippen molar-refractivity contribution in [3.8, 4) is 0 Å². The lowest BCUT2D eigenvalue weighted by Gasteiger charge is -2.26. The Balaban J connectivity index is 1.51. The Bertz CT molecular complexity index is 1130. The van der Waals surface area contributed by atoms with E-state index < -0.39 is 35.1 Å². The maximum absolute atomic E-state index is 12.7. The number of nitrogens with zero attached hydrogens (tertiary/aromatic N) is 1. The smallest absolute Gasteiger partial charge is 0.321 e. The number of hydrogen-bond donors (Lipinski definition) is 2. The number of likely N-dealkylation sites (N-methyl/N-ethyl adjacent to an activating group) is 1. The van der Waals surface area contributed by atoms with Crippen LogP contribution < -0.4 is 10.6 Å². The van der Waals surface area contributed by atoms with Gasteiger partial charge >= 0.3 is 5.97 Å². The number of carbonyl (C=O) groups is 3. The fourth-order valence-electron chi connectivity index (χ4n) is 3.69. The maximum atomic E-state index is 12.7. The molecular formula is C23H27N3O6S. The molecule has 2 aromatic rings. The van der Waals surface area contributed by atoms with Crippen LogP contribution in [0.2, 0.25) is 0 Å². The molecule has 2 amide bonds. The minimum Gasteiger partial charge on any atom is -0.455 e. The molecule has 0 spiro atoms. The van der Waals surface area contributed by atoms with Gasteiger partial charge in [0, 0.05) is 19.7 Å². The number of benzene rings is 2. The van der Waals surface area contributed by atoms with Crippen molar-refractivity contribution in [2.45, 2.75) is 37.1 Å². The average Bonchev–Trinajstić information content (AvgIpc) is 2.78. The molecule has 0 fully saturated rings. The number of fused-ring (bicyclic) bond motifs is 1. The van der Waals surface area contributed by atoms with Gasteiger partial charge in [-0.05, 0) is 54.7 Å². The second-order valence-corrected chi connectivity index (χ2v) is 9.88. The average molecular weight is 474 g/mol. The molecule has 2 N–H and O–H groups in total. The zero-order chi connectivity index (χ0) is 24.0. The SMILES string of the molecule is CC(=O)Nc1ccc(S(=O)(=O)N(C)CC(=O)OCC(=O)N[C@H]2CCCc3ccccc32)cc1. The predicted octanol–water partition coefficient (Wildman–Crippen LogP) is 2.00. The van der Waals surface area contributed by atoms with Gasteiger partial charge in [0.2, 0.25) is 15.9 Å². The fraction of sp³-hybridized carbons (Fsp3) is 0.348. The molecule has 0 radical (unpaired) electrons. The summed E-state index contributed by atoms with van der Waals surface area (Å²) in [6.07, 6.45) is 2.73. The van der Waals surface area contributed by atoms with Crippen LogP contribution >= 0.6 is 0 Å². The number of carbonyl (C=O) groups excluding carboxylic acids is 3. The molecule has 0 unspecified atom stereocenters. The van der Waals surface area contributed by atoms with E-state index in [1.165, 1.54) is 43.8 Å². The number of anilines is 1. The standard InChI is InChI=1S/C23H27N3O6S/c1-16(27)24-18-10-12-19(13-11-18)33(30,31)26(2)14-23(29)32-15-22(28)25-21-9-5-7-17-6-3-4-8-20(17)21/h3-4,6,8,10-13,21H,5,7,9,14-15H2,1-2H3,(H,24,27)(H,25,28)/t21-/m0/s1. The van der Waals surface area contributed by atoms with Gasteiger partial charge in [0.25, 0.3) is 5.91 Å². The van der Waals surface area contributed by atoms with Crippen molar-refractivity contribution in [1.29, 1.82) is 0 Å². The first-order chi connectivity index (χ1) is 15.7. The van der Waals surface area contributed by atoms with E-state index in [0.29, 0.717) is 5.69 Å². The maximum Gasteiger partial charge on any atom is 0.321 e. The van der Waals surface area contributed by atoms with Gasteiger partial charge < -0.3 is 15.4 Å². The van der Waals surface area contributed by atoms with E-state index in [2.05, 4.69) is 10.6 Å². The van der Waals surface area contributed by atoms with Crippen molar-refractivity contribution < 1.29 is 27.5 Å². The van der Waals surface area contributed by atoms with Crippen molar-refractivity contribution in [1.82, 2.24) is 9.62 Å². The first-order valence-electron chi connectivity index (χ1n) is 10.5. The van der Waals surface area contributed by atoms with Crippen LogP contribution in [0.25, 0.3) is 0 Å². The number of nitrogens with one attached hydrogen (secondary N) is 2. The lowest BCUT2D eigenvalue weighted by molar-refractivity contribution is -0.148. The molecule has 0 aromatic heterocycles. The summed E-state index contributed by atoms with van der Waals surface area (Å²) in [5, 5.41) is 5.43. The van der Waals surface area contributed by atoms with Crippen molar-refractivity contribution in [3.05, 3.63) is 59.7 Å². The zero-order valence-electron chi connectivity index (χ0n) is 18.5. The summed E-state index contributed by atoms with van der Waals surface area (Å²) in [5.41, 5.74) is 2.72. The predicted molar refractivity (Wildman–Crippen MR) is 122 cm³/mol. The highest BCUT2D eigenvalue weighted by Crippen LogP contribution is 2.29. The van der Waals surface area contributed by atoms with E-state index in [1.54, 1.807) is 0 Å².